The Morgan fingerprint density at radius 3 is 2.83 bits per heavy atom. The highest BCUT2D eigenvalue weighted by Gasteiger charge is 2.09. The number of furan rings is 1. The molecule has 6 nitrogen and oxygen atoms in total. The van der Waals surface area contributed by atoms with Crippen LogP contribution in [-0.4, -0.2) is 22.9 Å². The van der Waals surface area contributed by atoms with E-state index >= 15 is 0 Å². The van der Waals surface area contributed by atoms with Gasteiger partial charge >= 0.3 is 0 Å². The fourth-order valence-corrected chi connectivity index (χ4v) is 3.16. The number of carbonyl (C=O) groups excluding carboxylic acids is 2. The van der Waals surface area contributed by atoms with Crippen molar-refractivity contribution < 1.29 is 14.0 Å². The second-order valence-corrected chi connectivity index (χ2v) is 5.91. The number of benzene rings is 1. The van der Waals surface area contributed by atoms with Gasteiger partial charge in [-0.05, 0) is 24.3 Å². The molecule has 0 unspecified atom stereocenters. The minimum Gasteiger partial charge on any atom is -0.459 e. The lowest BCUT2D eigenvalue weighted by Crippen LogP contribution is -2.25. The van der Waals surface area contributed by atoms with Crippen molar-refractivity contribution in [2.75, 3.05) is 6.54 Å². The van der Waals surface area contributed by atoms with E-state index in [0.717, 1.165) is 10.2 Å². The molecular formula is C16H15N3O3S. The topological polar surface area (TPSA) is 76.6 Å². The van der Waals surface area contributed by atoms with E-state index in [1.54, 1.807) is 12.1 Å². The number of rotatable bonds is 4. The van der Waals surface area contributed by atoms with Crippen LogP contribution in [0.5, 0.6) is 0 Å². The minimum atomic E-state index is -0.338. The first kappa shape index (κ1) is 15.2. The fourth-order valence-electron chi connectivity index (χ4n) is 2.13. The molecule has 0 radical (unpaired) electrons. The Morgan fingerprint density at radius 2 is 2.09 bits per heavy atom. The van der Waals surface area contributed by atoms with Gasteiger partial charge in [0.2, 0.25) is 5.91 Å². The Bertz CT molecular complexity index is 906. The van der Waals surface area contributed by atoms with Crippen LogP contribution in [0.1, 0.15) is 17.0 Å². The summed E-state index contributed by atoms with van der Waals surface area (Å²) in [6.07, 6.45) is 1.57. The normalized spacial score (nSPS) is 11.8. The van der Waals surface area contributed by atoms with Gasteiger partial charge in [0.05, 0.1) is 16.5 Å². The summed E-state index contributed by atoms with van der Waals surface area (Å²) < 4.78 is 7.94. The van der Waals surface area contributed by atoms with Crippen LogP contribution in [0, 0.1) is 0 Å². The van der Waals surface area contributed by atoms with Crippen LogP contribution in [0.2, 0.25) is 0 Å². The minimum absolute atomic E-state index is 0.140. The molecule has 0 bridgehead atoms. The van der Waals surface area contributed by atoms with E-state index in [-0.39, 0.29) is 30.5 Å². The Morgan fingerprint density at radius 1 is 1.26 bits per heavy atom. The second-order valence-electron chi connectivity index (χ2n) is 4.90. The number of hydrogen-bond donors (Lipinski definition) is 1. The third kappa shape index (κ3) is 3.40. The summed E-state index contributed by atoms with van der Waals surface area (Å²) in [5, 5.41) is 2.63. The quantitative estimate of drug-likeness (QED) is 0.796. The summed E-state index contributed by atoms with van der Waals surface area (Å²) in [4.78, 5) is 28.4. The molecule has 0 aliphatic rings. The van der Waals surface area contributed by atoms with E-state index in [2.05, 4.69) is 10.3 Å². The number of hydrogen-bond acceptors (Lipinski definition) is 4. The van der Waals surface area contributed by atoms with Gasteiger partial charge in [0.15, 0.2) is 10.6 Å². The predicted octanol–water partition coefficient (Wildman–Crippen LogP) is 2.08. The van der Waals surface area contributed by atoms with Gasteiger partial charge in [-0.15, -0.1) is 0 Å². The van der Waals surface area contributed by atoms with E-state index in [1.807, 2.05) is 35.9 Å². The molecule has 2 aromatic heterocycles. The fraction of sp³-hybridized carbons (Fsp3) is 0.188. The van der Waals surface area contributed by atoms with E-state index in [4.69, 9.17) is 4.42 Å². The molecule has 3 rings (SSSR count). The lowest BCUT2D eigenvalue weighted by atomic mass is 10.3. The van der Waals surface area contributed by atoms with E-state index < -0.39 is 0 Å². The Balaban J connectivity index is 1.64. The largest absolute Gasteiger partial charge is 0.459 e. The van der Waals surface area contributed by atoms with Crippen molar-refractivity contribution >= 4 is 33.4 Å². The van der Waals surface area contributed by atoms with Gasteiger partial charge in [0.1, 0.15) is 0 Å². The molecule has 1 N–H and O–H groups in total. The summed E-state index contributed by atoms with van der Waals surface area (Å²) in [5.74, 6) is -0.382. The predicted molar refractivity (Wildman–Crippen MR) is 87.0 cm³/mol. The summed E-state index contributed by atoms with van der Waals surface area (Å²) in [6, 6.07) is 11.1. The Kier molecular flexibility index (Phi) is 4.38. The zero-order chi connectivity index (χ0) is 16.2. The zero-order valence-electron chi connectivity index (χ0n) is 12.5. The number of aromatic nitrogens is 1. The smallest absolute Gasteiger partial charge is 0.286 e. The molecule has 0 aliphatic carbocycles. The van der Waals surface area contributed by atoms with Gasteiger partial charge < -0.3 is 14.3 Å². The molecule has 0 saturated carbocycles. The molecule has 2 heterocycles. The van der Waals surface area contributed by atoms with Crippen LogP contribution in [0.4, 0.5) is 0 Å². The highest BCUT2D eigenvalue weighted by Crippen LogP contribution is 2.15. The zero-order valence-corrected chi connectivity index (χ0v) is 13.3. The van der Waals surface area contributed by atoms with E-state index in [0.29, 0.717) is 4.80 Å². The van der Waals surface area contributed by atoms with Crippen molar-refractivity contribution in [3.05, 3.63) is 53.2 Å². The molecule has 7 heteroatoms. The first-order chi connectivity index (χ1) is 11.1. The summed E-state index contributed by atoms with van der Waals surface area (Å²) in [6.45, 7) is 0.219. The standard InChI is InChI=1S/C16H15N3O3S/c1-19-11-5-2-3-7-13(11)23-16(19)18-14(20)8-9-17-15(21)12-6-4-10-22-12/h2-7,10H,8-9H2,1H3,(H,17,21). The van der Waals surface area contributed by atoms with Crippen LogP contribution in [-0.2, 0) is 11.8 Å². The molecule has 2 amide bonds. The molecule has 0 spiro atoms. The van der Waals surface area contributed by atoms with Crippen LogP contribution in [0.3, 0.4) is 0 Å². The molecule has 3 aromatic rings. The number of fused-ring (bicyclic) bond motifs is 1. The second kappa shape index (κ2) is 6.62. The molecule has 118 valence electrons. The molecule has 0 fully saturated rings. The number of nitrogens with zero attached hydrogens (tertiary/aromatic N) is 2. The van der Waals surface area contributed by atoms with Gasteiger partial charge in [-0.3, -0.25) is 9.59 Å². The first-order valence-electron chi connectivity index (χ1n) is 7.09. The summed E-state index contributed by atoms with van der Waals surface area (Å²) in [7, 11) is 1.88. The van der Waals surface area contributed by atoms with Crippen molar-refractivity contribution in [1.82, 2.24) is 9.88 Å². The summed E-state index contributed by atoms with van der Waals surface area (Å²) in [5.41, 5.74) is 1.04. The van der Waals surface area contributed by atoms with Gasteiger partial charge in [-0.25, -0.2) is 0 Å². The van der Waals surface area contributed by atoms with Gasteiger partial charge in [0.25, 0.3) is 5.91 Å². The third-order valence-electron chi connectivity index (χ3n) is 3.30. The summed E-state index contributed by atoms with van der Waals surface area (Å²) >= 11 is 1.46. The molecule has 23 heavy (non-hydrogen) atoms. The number of aryl methyl sites for hydroxylation is 1. The monoisotopic (exact) mass is 329 g/mol. The highest BCUT2D eigenvalue weighted by atomic mass is 32.1. The molecule has 1 aromatic carbocycles. The molecule has 0 saturated heterocycles. The van der Waals surface area contributed by atoms with Gasteiger partial charge in [-0.1, -0.05) is 23.5 Å². The third-order valence-corrected chi connectivity index (χ3v) is 4.42. The lowest BCUT2D eigenvalue weighted by molar-refractivity contribution is -0.117. The van der Waals surface area contributed by atoms with Crippen LogP contribution >= 0.6 is 11.3 Å². The maximum Gasteiger partial charge on any atom is 0.286 e. The number of nitrogens with one attached hydrogen (secondary N) is 1. The molecular weight excluding hydrogens is 314 g/mol. The van der Waals surface area contributed by atoms with Crippen molar-refractivity contribution in [1.29, 1.82) is 0 Å². The van der Waals surface area contributed by atoms with Gasteiger partial charge in [0, 0.05) is 20.0 Å². The average Bonchev–Trinajstić information content (AvgIpc) is 3.17. The Hall–Kier alpha value is -2.67. The molecule has 0 atom stereocenters. The van der Waals surface area contributed by atoms with Crippen molar-refractivity contribution in [2.24, 2.45) is 12.0 Å². The van der Waals surface area contributed by atoms with Crippen molar-refractivity contribution in [2.45, 2.75) is 6.42 Å². The maximum atomic E-state index is 12.0. The van der Waals surface area contributed by atoms with Crippen LogP contribution in [0.15, 0.2) is 52.1 Å². The van der Waals surface area contributed by atoms with Gasteiger partial charge in [-0.2, -0.15) is 4.99 Å². The number of para-hydroxylation sites is 1. The SMILES string of the molecule is Cn1c(=NC(=O)CCNC(=O)c2ccco2)sc2ccccc21. The van der Waals surface area contributed by atoms with E-state index in [9.17, 15) is 9.59 Å². The first-order valence-corrected chi connectivity index (χ1v) is 7.90. The van der Waals surface area contributed by atoms with Crippen molar-refractivity contribution in [3.8, 4) is 0 Å². The average molecular weight is 329 g/mol. The maximum absolute atomic E-state index is 12.0. The molecule has 0 aliphatic heterocycles. The Labute approximate surface area is 136 Å². The number of carbonyl (C=O) groups is 2. The highest BCUT2D eigenvalue weighted by molar-refractivity contribution is 7.16. The lowest BCUT2D eigenvalue weighted by Gasteiger charge is -2.00. The number of thiazole rings is 1. The van der Waals surface area contributed by atoms with E-state index in [1.165, 1.54) is 17.6 Å². The van der Waals surface area contributed by atoms with Crippen LogP contribution < -0.4 is 10.1 Å². The van der Waals surface area contributed by atoms with Crippen LogP contribution in [0.25, 0.3) is 10.2 Å². The number of amides is 2. The van der Waals surface area contributed by atoms with Crippen molar-refractivity contribution in [3.63, 3.8) is 0 Å².